The van der Waals surface area contributed by atoms with Gasteiger partial charge in [-0.25, -0.2) is 4.98 Å². The van der Waals surface area contributed by atoms with E-state index in [0.717, 1.165) is 28.3 Å². The van der Waals surface area contributed by atoms with Crippen LogP contribution in [0.5, 0.6) is 0 Å². The number of hydrogen-bond donors (Lipinski definition) is 0. The van der Waals surface area contributed by atoms with Crippen LogP contribution in [0, 0.1) is 13.8 Å². The number of fused-ring (bicyclic) bond motifs is 1. The SMILES string of the molecule is C.CC.CC.CC.Cc1cc(-c2c(C)nc3ccccn23)ccn1. The zero-order valence-corrected chi connectivity index (χ0v) is 15.9. The van der Waals surface area contributed by atoms with Crippen LogP contribution >= 0.6 is 0 Å². The first-order valence-corrected chi connectivity index (χ1v) is 8.62. The lowest BCUT2D eigenvalue weighted by Gasteiger charge is -2.03. The summed E-state index contributed by atoms with van der Waals surface area (Å²) in [6, 6.07) is 10.2. The maximum Gasteiger partial charge on any atom is 0.137 e. The second kappa shape index (κ2) is 13.3. The van der Waals surface area contributed by atoms with Gasteiger partial charge in [0.1, 0.15) is 5.65 Å². The molecule has 0 amide bonds. The van der Waals surface area contributed by atoms with Crippen molar-refractivity contribution in [2.24, 2.45) is 0 Å². The molecule has 3 aromatic heterocycles. The van der Waals surface area contributed by atoms with Gasteiger partial charge in [0.05, 0.1) is 11.4 Å². The van der Waals surface area contributed by atoms with Gasteiger partial charge in [-0.1, -0.05) is 55.0 Å². The van der Waals surface area contributed by atoms with E-state index in [1.165, 1.54) is 0 Å². The highest BCUT2D eigenvalue weighted by atomic mass is 15.0. The summed E-state index contributed by atoms with van der Waals surface area (Å²) in [5.74, 6) is 0. The van der Waals surface area contributed by atoms with Crippen LogP contribution in [0.1, 0.15) is 60.4 Å². The van der Waals surface area contributed by atoms with E-state index >= 15 is 0 Å². The molecule has 0 bridgehead atoms. The van der Waals surface area contributed by atoms with Crippen molar-refractivity contribution in [2.45, 2.75) is 62.8 Å². The van der Waals surface area contributed by atoms with Gasteiger partial charge in [0.15, 0.2) is 0 Å². The summed E-state index contributed by atoms with van der Waals surface area (Å²) in [6.45, 7) is 16.0. The highest BCUT2D eigenvalue weighted by molar-refractivity contribution is 5.67. The van der Waals surface area contributed by atoms with Crippen LogP contribution in [0.4, 0.5) is 0 Å². The molecule has 3 rings (SSSR count). The first-order valence-electron chi connectivity index (χ1n) is 8.62. The zero-order valence-electron chi connectivity index (χ0n) is 15.9. The molecule has 0 aliphatic carbocycles. The predicted octanol–water partition coefficient (Wildman–Crippen LogP) is 6.73. The molecule has 3 heteroatoms. The number of rotatable bonds is 1. The Kier molecular flexibility index (Phi) is 13.3. The number of pyridine rings is 2. The van der Waals surface area contributed by atoms with Crippen LogP contribution in [0.15, 0.2) is 42.7 Å². The predicted molar refractivity (Wildman–Crippen MR) is 109 cm³/mol. The third-order valence-electron chi connectivity index (χ3n) is 2.87. The first kappa shape index (κ1) is 24.1. The molecule has 0 saturated carbocycles. The molecule has 0 fully saturated rings. The third-order valence-corrected chi connectivity index (χ3v) is 2.87. The molecule has 134 valence electrons. The van der Waals surface area contributed by atoms with Crippen LogP contribution in [-0.4, -0.2) is 14.4 Å². The van der Waals surface area contributed by atoms with Crippen LogP contribution in [-0.2, 0) is 0 Å². The van der Waals surface area contributed by atoms with Crippen molar-refractivity contribution >= 4 is 5.65 Å². The van der Waals surface area contributed by atoms with Crippen molar-refractivity contribution in [3.8, 4) is 11.3 Å². The van der Waals surface area contributed by atoms with Crippen molar-refractivity contribution in [3.05, 3.63) is 54.1 Å². The highest BCUT2D eigenvalue weighted by Gasteiger charge is 2.10. The second-order valence-electron chi connectivity index (χ2n) is 4.16. The van der Waals surface area contributed by atoms with Gasteiger partial charge in [-0.05, 0) is 38.1 Å². The molecule has 3 aromatic rings. The summed E-state index contributed by atoms with van der Waals surface area (Å²) in [5, 5.41) is 0. The van der Waals surface area contributed by atoms with E-state index in [-0.39, 0.29) is 7.43 Å². The van der Waals surface area contributed by atoms with Crippen LogP contribution in [0.3, 0.4) is 0 Å². The Labute approximate surface area is 148 Å². The fraction of sp³-hybridized carbons (Fsp3) is 0.429. The molecule has 0 spiro atoms. The van der Waals surface area contributed by atoms with Gasteiger partial charge in [0.2, 0.25) is 0 Å². The van der Waals surface area contributed by atoms with E-state index in [1.807, 2.05) is 92.0 Å². The lowest BCUT2D eigenvalue weighted by molar-refractivity contribution is 1.16. The van der Waals surface area contributed by atoms with E-state index in [1.54, 1.807) is 0 Å². The van der Waals surface area contributed by atoms with E-state index in [9.17, 15) is 0 Å². The largest absolute Gasteiger partial charge is 0.299 e. The zero-order chi connectivity index (χ0) is 17.8. The van der Waals surface area contributed by atoms with Crippen molar-refractivity contribution in [1.82, 2.24) is 14.4 Å². The van der Waals surface area contributed by atoms with Gasteiger partial charge < -0.3 is 0 Å². The Balaban J connectivity index is 0. The molecule has 0 N–H and O–H groups in total. The maximum absolute atomic E-state index is 4.56. The first-order chi connectivity index (χ1) is 11.3. The Morgan fingerprint density at radius 2 is 1.50 bits per heavy atom. The average Bonchev–Trinajstić information content (AvgIpc) is 2.96. The average molecular weight is 330 g/mol. The van der Waals surface area contributed by atoms with E-state index in [0.29, 0.717) is 0 Å². The number of imidazole rings is 1. The Hall–Kier alpha value is -2.16. The molecular weight excluding hydrogens is 294 g/mol. The molecule has 0 aromatic carbocycles. The number of hydrogen-bond acceptors (Lipinski definition) is 2. The van der Waals surface area contributed by atoms with E-state index in [2.05, 4.69) is 20.4 Å². The Morgan fingerprint density at radius 1 is 0.875 bits per heavy atom. The smallest absolute Gasteiger partial charge is 0.137 e. The van der Waals surface area contributed by atoms with Crippen molar-refractivity contribution in [2.75, 3.05) is 0 Å². The van der Waals surface area contributed by atoms with Crippen molar-refractivity contribution in [1.29, 1.82) is 0 Å². The summed E-state index contributed by atoms with van der Waals surface area (Å²) in [6.07, 6.45) is 3.88. The standard InChI is InChI=1S/C14H13N3.3C2H6.CH4/c1-10-9-12(6-7-15-10)14-11(2)16-13-5-3-4-8-17(13)14;3*1-2;/h3-9H,1-2H3;3*1-2H3;1H4. The Bertz CT molecular complexity index is 684. The lowest BCUT2D eigenvalue weighted by Crippen LogP contribution is -1.90. The lowest BCUT2D eigenvalue weighted by atomic mass is 10.1. The third kappa shape index (κ3) is 5.80. The van der Waals surface area contributed by atoms with Gasteiger partial charge in [-0.3, -0.25) is 9.38 Å². The molecule has 0 radical (unpaired) electrons. The highest BCUT2D eigenvalue weighted by Crippen LogP contribution is 2.24. The Morgan fingerprint density at radius 3 is 2.08 bits per heavy atom. The van der Waals surface area contributed by atoms with Gasteiger partial charge in [-0.2, -0.15) is 0 Å². The normalized spacial score (nSPS) is 8.50. The molecular formula is C21H35N3. The summed E-state index contributed by atoms with van der Waals surface area (Å²) < 4.78 is 2.12. The number of aryl methyl sites for hydroxylation is 2. The van der Waals surface area contributed by atoms with Crippen LogP contribution in [0.25, 0.3) is 16.9 Å². The van der Waals surface area contributed by atoms with Crippen LogP contribution < -0.4 is 0 Å². The van der Waals surface area contributed by atoms with Crippen LogP contribution in [0.2, 0.25) is 0 Å². The van der Waals surface area contributed by atoms with Gasteiger partial charge in [0, 0.05) is 23.7 Å². The molecule has 0 atom stereocenters. The monoisotopic (exact) mass is 329 g/mol. The van der Waals surface area contributed by atoms with E-state index < -0.39 is 0 Å². The molecule has 0 unspecified atom stereocenters. The summed E-state index contributed by atoms with van der Waals surface area (Å²) >= 11 is 0. The summed E-state index contributed by atoms with van der Waals surface area (Å²) in [7, 11) is 0. The topological polar surface area (TPSA) is 30.2 Å². The second-order valence-corrected chi connectivity index (χ2v) is 4.16. The molecule has 0 aliphatic heterocycles. The minimum Gasteiger partial charge on any atom is -0.299 e. The fourth-order valence-electron chi connectivity index (χ4n) is 2.15. The van der Waals surface area contributed by atoms with Gasteiger partial charge >= 0.3 is 0 Å². The minimum absolute atomic E-state index is 0. The van der Waals surface area contributed by atoms with E-state index in [4.69, 9.17) is 0 Å². The minimum atomic E-state index is 0. The fourth-order valence-corrected chi connectivity index (χ4v) is 2.15. The van der Waals surface area contributed by atoms with Gasteiger partial charge in [0.25, 0.3) is 0 Å². The molecule has 0 aliphatic rings. The molecule has 0 saturated heterocycles. The molecule has 3 nitrogen and oxygen atoms in total. The van der Waals surface area contributed by atoms with Gasteiger partial charge in [-0.15, -0.1) is 0 Å². The number of aromatic nitrogens is 3. The quantitative estimate of drug-likeness (QED) is 0.495. The maximum atomic E-state index is 4.56. The summed E-state index contributed by atoms with van der Waals surface area (Å²) in [4.78, 5) is 8.79. The molecule has 24 heavy (non-hydrogen) atoms. The van der Waals surface area contributed by atoms with Crippen molar-refractivity contribution in [3.63, 3.8) is 0 Å². The summed E-state index contributed by atoms with van der Waals surface area (Å²) in [5.41, 5.74) is 5.35. The molecule has 3 heterocycles. The van der Waals surface area contributed by atoms with Crippen molar-refractivity contribution < 1.29 is 0 Å². The number of nitrogens with zero attached hydrogens (tertiary/aromatic N) is 3.